The van der Waals surface area contributed by atoms with Gasteiger partial charge in [-0.2, -0.15) is 5.10 Å². The Bertz CT molecular complexity index is 508. The van der Waals surface area contributed by atoms with Gasteiger partial charge in [-0.3, -0.25) is 4.68 Å². The fourth-order valence-electron chi connectivity index (χ4n) is 2.22. The van der Waals surface area contributed by atoms with Crippen molar-refractivity contribution in [3.8, 4) is 0 Å². The Morgan fingerprint density at radius 1 is 1.61 bits per heavy atom. The number of nitrogens with zero attached hydrogens (tertiary/aromatic N) is 2. The van der Waals surface area contributed by atoms with Crippen molar-refractivity contribution in [2.24, 2.45) is 7.05 Å². The van der Waals surface area contributed by atoms with E-state index in [0.29, 0.717) is 6.04 Å². The molecule has 2 N–H and O–H groups in total. The molecule has 18 heavy (non-hydrogen) atoms. The van der Waals surface area contributed by atoms with E-state index in [9.17, 15) is 8.42 Å². The second kappa shape index (κ2) is 5.16. The molecule has 0 saturated carbocycles. The molecule has 2 heterocycles. The van der Waals surface area contributed by atoms with E-state index in [1.165, 1.54) is 10.9 Å². The number of sulfonamides is 1. The monoisotopic (exact) mass is 292 g/mol. The third-order valence-electron chi connectivity index (χ3n) is 3.04. The third kappa shape index (κ3) is 2.85. The summed E-state index contributed by atoms with van der Waals surface area (Å²) in [5.41, 5.74) is 0. The standard InChI is InChI=1S/C10H17ClN4O2S/c1-7-5-8(3-4-12-7)14-18(16,17)10-9(11)6-13-15(10)2/h6-8,12,14H,3-5H2,1-2H3. The molecule has 2 rings (SSSR count). The van der Waals surface area contributed by atoms with Gasteiger partial charge in [0.1, 0.15) is 0 Å². The quantitative estimate of drug-likeness (QED) is 0.850. The molecule has 1 aromatic rings. The molecule has 0 aromatic carbocycles. The number of hydrogen-bond acceptors (Lipinski definition) is 4. The lowest BCUT2D eigenvalue weighted by Crippen LogP contribution is -2.46. The molecule has 102 valence electrons. The van der Waals surface area contributed by atoms with E-state index in [4.69, 9.17) is 11.6 Å². The van der Waals surface area contributed by atoms with Crippen molar-refractivity contribution in [3.05, 3.63) is 11.2 Å². The van der Waals surface area contributed by atoms with Crippen LogP contribution in [0.3, 0.4) is 0 Å². The summed E-state index contributed by atoms with van der Waals surface area (Å²) < 4.78 is 28.4. The van der Waals surface area contributed by atoms with E-state index in [1.807, 2.05) is 6.92 Å². The van der Waals surface area contributed by atoms with Gasteiger partial charge in [0, 0.05) is 19.1 Å². The van der Waals surface area contributed by atoms with Gasteiger partial charge in [0.25, 0.3) is 10.0 Å². The van der Waals surface area contributed by atoms with Gasteiger partial charge in [0.2, 0.25) is 0 Å². The molecule has 6 nitrogen and oxygen atoms in total. The van der Waals surface area contributed by atoms with E-state index in [0.717, 1.165) is 19.4 Å². The topological polar surface area (TPSA) is 76.0 Å². The van der Waals surface area contributed by atoms with Crippen molar-refractivity contribution in [1.82, 2.24) is 19.8 Å². The molecule has 8 heteroatoms. The molecule has 0 amide bonds. The SMILES string of the molecule is CC1CC(NS(=O)(=O)c2c(Cl)cnn2C)CCN1. The van der Waals surface area contributed by atoms with Gasteiger partial charge in [-0.25, -0.2) is 13.1 Å². The highest BCUT2D eigenvalue weighted by Gasteiger charge is 2.28. The maximum absolute atomic E-state index is 12.2. The Hall–Kier alpha value is -0.630. The first kappa shape index (κ1) is 13.8. The maximum atomic E-state index is 12.2. The summed E-state index contributed by atoms with van der Waals surface area (Å²) in [4.78, 5) is 0. The molecule has 0 aliphatic carbocycles. The van der Waals surface area contributed by atoms with Crippen LogP contribution < -0.4 is 10.0 Å². The normalized spacial score (nSPS) is 25.3. The lowest BCUT2D eigenvalue weighted by molar-refractivity contribution is 0.361. The largest absolute Gasteiger partial charge is 0.314 e. The van der Waals surface area contributed by atoms with E-state index >= 15 is 0 Å². The van der Waals surface area contributed by atoms with Crippen molar-refractivity contribution in [2.75, 3.05) is 6.54 Å². The van der Waals surface area contributed by atoms with Crippen LogP contribution in [-0.4, -0.2) is 36.8 Å². The summed E-state index contributed by atoms with van der Waals surface area (Å²) >= 11 is 5.86. The lowest BCUT2D eigenvalue weighted by atomic mass is 10.0. The van der Waals surface area contributed by atoms with E-state index < -0.39 is 10.0 Å². The summed E-state index contributed by atoms with van der Waals surface area (Å²) in [6.07, 6.45) is 2.88. The highest BCUT2D eigenvalue weighted by molar-refractivity contribution is 7.89. The zero-order valence-corrected chi connectivity index (χ0v) is 11.9. The Morgan fingerprint density at radius 2 is 2.33 bits per heavy atom. The molecule has 1 aliphatic rings. The first-order valence-corrected chi connectivity index (χ1v) is 7.69. The predicted molar refractivity (Wildman–Crippen MR) is 69.0 cm³/mol. The third-order valence-corrected chi connectivity index (χ3v) is 5.07. The summed E-state index contributed by atoms with van der Waals surface area (Å²) in [6.45, 7) is 2.85. The number of nitrogens with one attached hydrogen (secondary N) is 2. The van der Waals surface area contributed by atoms with E-state index in [1.54, 1.807) is 7.05 Å². The molecule has 1 aliphatic heterocycles. The molecular formula is C10H17ClN4O2S. The number of hydrogen-bond donors (Lipinski definition) is 2. The fourth-order valence-corrected chi connectivity index (χ4v) is 4.16. The van der Waals surface area contributed by atoms with Gasteiger partial charge in [0.15, 0.2) is 5.03 Å². The molecule has 2 unspecified atom stereocenters. The Labute approximate surface area is 112 Å². The highest BCUT2D eigenvalue weighted by atomic mass is 35.5. The highest BCUT2D eigenvalue weighted by Crippen LogP contribution is 2.21. The van der Waals surface area contributed by atoms with Crippen molar-refractivity contribution in [2.45, 2.75) is 36.9 Å². The van der Waals surface area contributed by atoms with Crippen LogP contribution in [0.1, 0.15) is 19.8 Å². The van der Waals surface area contributed by atoms with Gasteiger partial charge in [-0.1, -0.05) is 11.6 Å². The smallest absolute Gasteiger partial charge is 0.259 e. The number of piperidine rings is 1. The predicted octanol–water partition coefficient (Wildman–Crippen LogP) is 0.492. The average Bonchev–Trinajstić information content (AvgIpc) is 2.58. The Kier molecular flexibility index (Phi) is 3.96. The van der Waals surface area contributed by atoms with Crippen LogP contribution >= 0.6 is 11.6 Å². The van der Waals surface area contributed by atoms with Crippen LogP contribution in [-0.2, 0) is 17.1 Å². The first-order chi connectivity index (χ1) is 8.40. The van der Waals surface area contributed by atoms with Crippen molar-refractivity contribution in [1.29, 1.82) is 0 Å². The average molecular weight is 293 g/mol. The van der Waals surface area contributed by atoms with Crippen LogP contribution in [0.15, 0.2) is 11.2 Å². The summed E-state index contributed by atoms with van der Waals surface area (Å²) in [5, 5.41) is 7.29. The van der Waals surface area contributed by atoms with E-state index in [-0.39, 0.29) is 16.1 Å². The van der Waals surface area contributed by atoms with Crippen molar-refractivity contribution < 1.29 is 8.42 Å². The van der Waals surface area contributed by atoms with E-state index in [2.05, 4.69) is 15.1 Å². The Balaban J connectivity index is 2.17. The molecule has 1 saturated heterocycles. The minimum atomic E-state index is -3.61. The van der Waals surface area contributed by atoms with Crippen LogP contribution in [0, 0.1) is 0 Å². The van der Waals surface area contributed by atoms with Crippen molar-refractivity contribution >= 4 is 21.6 Å². The number of rotatable bonds is 3. The van der Waals surface area contributed by atoms with Gasteiger partial charge in [0.05, 0.1) is 11.2 Å². The molecule has 0 bridgehead atoms. The fraction of sp³-hybridized carbons (Fsp3) is 0.700. The molecule has 0 radical (unpaired) electrons. The van der Waals surface area contributed by atoms with Gasteiger partial charge < -0.3 is 5.32 Å². The zero-order chi connectivity index (χ0) is 13.3. The second-order valence-electron chi connectivity index (χ2n) is 4.62. The molecule has 2 atom stereocenters. The second-order valence-corrected chi connectivity index (χ2v) is 6.66. The van der Waals surface area contributed by atoms with Gasteiger partial charge in [-0.05, 0) is 26.3 Å². The Morgan fingerprint density at radius 3 is 2.89 bits per heavy atom. The first-order valence-electron chi connectivity index (χ1n) is 5.83. The van der Waals surface area contributed by atoms with Crippen molar-refractivity contribution in [3.63, 3.8) is 0 Å². The number of aryl methyl sites for hydroxylation is 1. The maximum Gasteiger partial charge on any atom is 0.259 e. The molecular weight excluding hydrogens is 276 g/mol. The molecule has 1 fully saturated rings. The lowest BCUT2D eigenvalue weighted by Gasteiger charge is -2.28. The van der Waals surface area contributed by atoms with Gasteiger partial charge in [-0.15, -0.1) is 0 Å². The van der Waals surface area contributed by atoms with Crippen LogP contribution in [0.2, 0.25) is 5.02 Å². The summed E-state index contributed by atoms with van der Waals surface area (Å²) in [5.74, 6) is 0. The van der Waals surface area contributed by atoms with Crippen LogP contribution in [0.25, 0.3) is 0 Å². The molecule has 0 spiro atoms. The molecule has 1 aromatic heterocycles. The number of halogens is 1. The number of aromatic nitrogens is 2. The van der Waals surface area contributed by atoms with Gasteiger partial charge >= 0.3 is 0 Å². The summed E-state index contributed by atoms with van der Waals surface area (Å²) in [6, 6.07) is 0.255. The van der Waals surface area contributed by atoms with Crippen LogP contribution in [0.4, 0.5) is 0 Å². The van der Waals surface area contributed by atoms with Crippen LogP contribution in [0.5, 0.6) is 0 Å². The summed E-state index contributed by atoms with van der Waals surface area (Å²) in [7, 11) is -2.05. The minimum Gasteiger partial charge on any atom is -0.314 e. The minimum absolute atomic E-state index is 0.0235. The zero-order valence-electron chi connectivity index (χ0n) is 10.4.